The predicted molar refractivity (Wildman–Crippen MR) is 80.1 cm³/mol. The maximum Gasteiger partial charge on any atom is 0.471 e. The van der Waals surface area contributed by atoms with Crippen LogP contribution >= 0.6 is 0 Å². The summed E-state index contributed by atoms with van der Waals surface area (Å²) in [5.74, 6) is -1.95. The number of alkyl halides is 3. The minimum Gasteiger partial charge on any atom is -0.394 e. The number of carbonyl (C=O) groups is 1. The maximum absolute atomic E-state index is 11.9. The summed E-state index contributed by atoms with van der Waals surface area (Å²) in [6.45, 7) is 1.76. The Bertz CT molecular complexity index is 332. The minimum absolute atomic E-state index is 0.0492. The Hall–Kier alpha value is -0.980. The summed E-state index contributed by atoms with van der Waals surface area (Å²) in [6.07, 6.45) is -5.47. The number of rotatable bonds is 16. The van der Waals surface area contributed by atoms with E-state index in [1.54, 1.807) is 5.32 Å². The van der Waals surface area contributed by atoms with Crippen LogP contribution in [0.15, 0.2) is 0 Å². The molecule has 1 amide bonds. The topological polar surface area (TPSA) is 106 Å². The van der Waals surface area contributed by atoms with Crippen molar-refractivity contribution in [3.05, 3.63) is 0 Å². The SMILES string of the molecule is O=C(NCCCOCCOCCOCCOC[C@@H](O)CO)C(F)(F)F. The number of hydrogen-bond acceptors (Lipinski definition) is 7. The molecule has 0 fully saturated rings. The van der Waals surface area contributed by atoms with Crippen molar-refractivity contribution in [3.63, 3.8) is 0 Å². The van der Waals surface area contributed by atoms with E-state index in [-0.39, 0.29) is 39.4 Å². The summed E-state index contributed by atoms with van der Waals surface area (Å²) in [5.41, 5.74) is 0. The minimum atomic E-state index is -4.86. The van der Waals surface area contributed by atoms with Gasteiger partial charge in [-0.1, -0.05) is 0 Å². The number of aliphatic hydroxyl groups excluding tert-OH is 2. The number of amides is 1. The highest BCUT2D eigenvalue weighted by Gasteiger charge is 2.38. The Morgan fingerprint density at radius 1 is 0.920 bits per heavy atom. The highest BCUT2D eigenvalue weighted by Crippen LogP contribution is 2.13. The van der Waals surface area contributed by atoms with Crippen molar-refractivity contribution in [2.45, 2.75) is 18.7 Å². The second kappa shape index (κ2) is 15.3. The molecule has 3 N–H and O–H groups in total. The van der Waals surface area contributed by atoms with Gasteiger partial charge in [0.1, 0.15) is 6.10 Å². The van der Waals surface area contributed by atoms with Gasteiger partial charge in [0.2, 0.25) is 0 Å². The van der Waals surface area contributed by atoms with Crippen LogP contribution in [0.1, 0.15) is 6.42 Å². The molecule has 0 radical (unpaired) electrons. The molecule has 0 aliphatic heterocycles. The van der Waals surface area contributed by atoms with E-state index in [0.29, 0.717) is 33.0 Å². The Kier molecular flexibility index (Phi) is 14.7. The van der Waals surface area contributed by atoms with Gasteiger partial charge in [0.15, 0.2) is 0 Å². The second-order valence-electron chi connectivity index (χ2n) is 4.86. The van der Waals surface area contributed by atoms with Crippen molar-refractivity contribution in [1.82, 2.24) is 5.32 Å². The molecule has 0 saturated heterocycles. The van der Waals surface area contributed by atoms with Crippen LogP contribution in [0.25, 0.3) is 0 Å². The Morgan fingerprint density at radius 3 is 1.88 bits per heavy atom. The van der Waals surface area contributed by atoms with E-state index in [4.69, 9.17) is 29.2 Å². The standard InChI is InChI=1S/C14H26F3NO7/c15-14(16,17)13(21)18-2-1-3-22-4-5-23-6-7-24-8-9-25-11-12(20)10-19/h12,19-20H,1-11H2,(H,18,21)/t12-/m0/s1. The van der Waals surface area contributed by atoms with Gasteiger partial charge in [-0.05, 0) is 6.42 Å². The van der Waals surface area contributed by atoms with Crippen LogP contribution < -0.4 is 5.32 Å². The first-order valence-electron chi connectivity index (χ1n) is 7.82. The maximum atomic E-state index is 11.9. The van der Waals surface area contributed by atoms with E-state index in [9.17, 15) is 18.0 Å². The van der Waals surface area contributed by atoms with Crippen LogP contribution in [0.2, 0.25) is 0 Å². The molecule has 0 aromatic heterocycles. The first-order valence-corrected chi connectivity index (χ1v) is 7.82. The zero-order chi connectivity index (χ0) is 19.0. The van der Waals surface area contributed by atoms with E-state index in [2.05, 4.69) is 0 Å². The molecule has 8 nitrogen and oxygen atoms in total. The van der Waals surface area contributed by atoms with E-state index < -0.39 is 18.2 Å². The highest BCUT2D eigenvalue weighted by molar-refractivity contribution is 5.81. The molecule has 11 heteroatoms. The van der Waals surface area contributed by atoms with Crippen molar-refractivity contribution in [1.29, 1.82) is 0 Å². The molecule has 0 heterocycles. The van der Waals surface area contributed by atoms with E-state index in [1.807, 2.05) is 0 Å². The van der Waals surface area contributed by atoms with E-state index >= 15 is 0 Å². The first kappa shape index (κ1) is 24.0. The molecule has 0 aliphatic carbocycles. The molecule has 0 aliphatic rings. The fraction of sp³-hybridized carbons (Fsp3) is 0.929. The predicted octanol–water partition coefficient (Wildman–Crippen LogP) is -0.525. The summed E-state index contributed by atoms with van der Waals surface area (Å²) in [6, 6.07) is 0. The quantitative estimate of drug-likeness (QED) is 0.311. The summed E-state index contributed by atoms with van der Waals surface area (Å²) in [4.78, 5) is 10.5. The van der Waals surface area contributed by atoms with Crippen molar-refractivity contribution in [2.75, 3.05) is 66.0 Å². The van der Waals surface area contributed by atoms with Gasteiger partial charge in [-0.15, -0.1) is 0 Å². The lowest BCUT2D eigenvalue weighted by Crippen LogP contribution is -2.37. The number of halogens is 3. The largest absolute Gasteiger partial charge is 0.471 e. The number of aliphatic hydroxyl groups is 2. The third-order valence-electron chi connectivity index (χ3n) is 2.65. The molecule has 0 bridgehead atoms. The number of carbonyl (C=O) groups excluding carboxylic acids is 1. The molecule has 25 heavy (non-hydrogen) atoms. The van der Waals surface area contributed by atoms with Crippen LogP contribution in [0.5, 0.6) is 0 Å². The lowest BCUT2D eigenvalue weighted by atomic mass is 10.4. The molecular weight excluding hydrogens is 351 g/mol. The molecule has 150 valence electrons. The third-order valence-corrected chi connectivity index (χ3v) is 2.65. The van der Waals surface area contributed by atoms with Crippen LogP contribution in [-0.2, 0) is 23.7 Å². The first-order chi connectivity index (χ1) is 11.9. The Labute approximate surface area is 144 Å². The average molecular weight is 377 g/mol. The molecular formula is C14H26F3NO7. The molecule has 0 saturated carbocycles. The summed E-state index contributed by atoms with van der Waals surface area (Å²) in [5, 5.41) is 19.3. The van der Waals surface area contributed by atoms with Gasteiger partial charge in [-0.2, -0.15) is 13.2 Å². The van der Waals surface area contributed by atoms with E-state index in [0.717, 1.165) is 0 Å². The molecule has 1 atom stereocenters. The Balaban J connectivity index is 3.16. The fourth-order valence-corrected chi connectivity index (χ4v) is 1.41. The highest BCUT2D eigenvalue weighted by atomic mass is 19.4. The van der Waals surface area contributed by atoms with Gasteiger partial charge >= 0.3 is 12.1 Å². The molecule has 0 aromatic rings. The van der Waals surface area contributed by atoms with E-state index in [1.165, 1.54) is 0 Å². The van der Waals surface area contributed by atoms with Gasteiger partial charge in [0.25, 0.3) is 0 Å². The van der Waals surface area contributed by atoms with Crippen molar-refractivity contribution >= 4 is 5.91 Å². The average Bonchev–Trinajstić information content (AvgIpc) is 2.56. The monoisotopic (exact) mass is 377 g/mol. The summed E-state index contributed by atoms with van der Waals surface area (Å²) in [7, 11) is 0. The van der Waals surface area contributed by atoms with Crippen LogP contribution in [0.3, 0.4) is 0 Å². The van der Waals surface area contributed by atoms with Gasteiger partial charge in [-0.25, -0.2) is 0 Å². The number of hydrogen-bond donors (Lipinski definition) is 3. The zero-order valence-corrected chi connectivity index (χ0v) is 13.9. The van der Waals surface area contributed by atoms with Gasteiger partial charge in [0, 0.05) is 13.2 Å². The van der Waals surface area contributed by atoms with Gasteiger partial charge < -0.3 is 34.5 Å². The normalized spacial score (nSPS) is 13.0. The van der Waals surface area contributed by atoms with Crippen molar-refractivity contribution in [3.8, 4) is 0 Å². The number of ether oxygens (including phenoxy) is 4. The van der Waals surface area contributed by atoms with Crippen LogP contribution in [0.4, 0.5) is 13.2 Å². The molecule has 0 aromatic carbocycles. The van der Waals surface area contributed by atoms with Crippen molar-refractivity contribution in [2.24, 2.45) is 0 Å². The zero-order valence-electron chi connectivity index (χ0n) is 13.9. The molecule has 0 spiro atoms. The molecule has 0 unspecified atom stereocenters. The molecule has 0 rings (SSSR count). The summed E-state index contributed by atoms with van der Waals surface area (Å²) >= 11 is 0. The smallest absolute Gasteiger partial charge is 0.394 e. The van der Waals surface area contributed by atoms with Crippen LogP contribution in [0, 0.1) is 0 Å². The third kappa shape index (κ3) is 16.2. The van der Waals surface area contributed by atoms with Crippen molar-refractivity contribution < 1.29 is 47.1 Å². The lowest BCUT2D eigenvalue weighted by molar-refractivity contribution is -0.173. The number of nitrogens with one attached hydrogen (secondary N) is 1. The van der Waals surface area contributed by atoms with Crippen LogP contribution in [-0.4, -0.2) is 94.4 Å². The van der Waals surface area contributed by atoms with Gasteiger partial charge in [-0.3, -0.25) is 4.79 Å². The second-order valence-corrected chi connectivity index (χ2v) is 4.86. The van der Waals surface area contributed by atoms with Gasteiger partial charge in [0.05, 0.1) is 52.9 Å². The Morgan fingerprint density at radius 2 is 1.40 bits per heavy atom. The lowest BCUT2D eigenvalue weighted by Gasteiger charge is -2.09. The fourth-order valence-electron chi connectivity index (χ4n) is 1.41. The summed E-state index contributed by atoms with van der Waals surface area (Å²) < 4.78 is 56.1.